The summed E-state index contributed by atoms with van der Waals surface area (Å²) in [6.07, 6.45) is 1.23. The third kappa shape index (κ3) is 6.60. The van der Waals surface area contributed by atoms with Gasteiger partial charge in [-0.15, -0.1) is 0 Å². The Morgan fingerprint density at radius 3 is 2.44 bits per heavy atom. The molecule has 0 atom stereocenters. The molecule has 0 spiro atoms. The third-order valence-electron chi connectivity index (χ3n) is 4.46. The number of hydrazone groups is 1. The van der Waals surface area contributed by atoms with Crippen molar-refractivity contribution in [2.45, 2.75) is 6.92 Å². The molecule has 2 amide bonds. The molecule has 0 aliphatic rings. The minimum Gasteiger partial charge on any atom is -0.492 e. The van der Waals surface area contributed by atoms with Crippen LogP contribution in [0.15, 0.2) is 71.8 Å². The first-order valence-electron chi connectivity index (χ1n) is 10.4. The summed E-state index contributed by atoms with van der Waals surface area (Å²) >= 11 is 0. The van der Waals surface area contributed by atoms with Crippen LogP contribution in [0.25, 0.3) is 0 Å². The van der Waals surface area contributed by atoms with E-state index in [9.17, 15) is 29.8 Å². The molecule has 0 heterocycles. The molecule has 0 aromatic heterocycles. The summed E-state index contributed by atoms with van der Waals surface area (Å²) in [4.78, 5) is 44.9. The second kappa shape index (κ2) is 11.7. The van der Waals surface area contributed by atoms with Crippen molar-refractivity contribution in [2.24, 2.45) is 5.10 Å². The highest BCUT2D eigenvalue weighted by molar-refractivity contribution is 6.39. The van der Waals surface area contributed by atoms with E-state index in [0.717, 1.165) is 18.2 Å². The predicted molar refractivity (Wildman–Crippen MR) is 128 cm³/mol. The average Bonchev–Trinajstić information content (AvgIpc) is 2.85. The molecular weight excluding hydrogens is 474 g/mol. The Morgan fingerprint density at radius 2 is 1.72 bits per heavy atom. The van der Waals surface area contributed by atoms with Crippen molar-refractivity contribution in [2.75, 3.05) is 11.9 Å². The molecule has 0 radical (unpaired) electrons. The van der Waals surface area contributed by atoms with Crippen molar-refractivity contribution >= 4 is 35.1 Å². The molecule has 184 valence electrons. The molecule has 13 nitrogen and oxygen atoms in total. The monoisotopic (exact) mass is 493 g/mol. The Kier molecular flexibility index (Phi) is 8.22. The minimum atomic E-state index is -1.02. The normalized spacial score (nSPS) is 10.5. The maximum Gasteiger partial charge on any atom is 0.329 e. The van der Waals surface area contributed by atoms with Crippen molar-refractivity contribution in [3.63, 3.8) is 0 Å². The van der Waals surface area contributed by atoms with Crippen LogP contribution in [0.5, 0.6) is 17.2 Å². The maximum atomic E-state index is 12.2. The van der Waals surface area contributed by atoms with Gasteiger partial charge in [-0.2, -0.15) is 5.10 Å². The van der Waals surface area contributed by atoms with Crippen LogP contribution in [0.4, 0.5) is 17.1 Å². The molecular formula is C23H19N5O8. The van der Waals surface area contributed by atoms with E-state index in [2.05, 4.69) is 15.8 Å². The minimum absolute atomic E-state index is 0.174. The van der Waals surface area contributed by atoms with Crippen molar-refractivity contribution in [1.82, 2.24) is 5.43 Å². The zero-order valence-electron chi connectivity index (χ0n) is 18.7. The number of benzene rings is 3. The van der Waals surface area contributed by atoms with E-state index in [0.29, 0.717) is 23.6 Å². The van der Waals surface area contributed by atoms with E-state index in [-0.39, 0.29) is 11.5 Å². The SMILES string of the molecule is CCOc1ccccc1NC(=O)C(=O)N/N=C/c1cccc(Oc2ccc([N+](=O)[O-])cc2[N+](=O)[O-])c1. The highest BCUT2D eigenvalue weighted by Gasteiger charge is 2.21. The zero-order chi connectivity index (χ0) is 26.1. The predicted octanol–water partition coefficient (Wildman–Crippen LogP) is 3.78. The number of carbonyl (C=O) groups is 2. The fourth-order valence-corrected chi connectivity index (χ4v) is 2.88. The highest BCUT2D eigenvalue weighted by atomic mass is 16.6. The maximum absolute atomic E-state index is 12.2. The van der Waals surface area contributed by atoms with Crippen LogP contribution in [-0.2, 0) is 9.59 Å². The fraction of sp³-hybridized carbons (Fsp3) is 0.0870. The second-order valence-corrected chi connectivity index (χ2v) is 6.92. The number of non-ortho nitro benzene ring substituents is 1. The molecule has 2 N–H and O–H groups in total. The molecule has 36 heavy (non-hydrogen) atoms. The van der Waals surface area contributed by atoms with Crippen LogP contribution in [-0.4, -0.2) is 34.5 Å². The van der Waals surface area contributed by atoms with E-state index in [1.807, 2.05) is 0 Å². The Hall–Kier alpha value is -5.33. The summed E-state index contributed by atoms with van der Waals surface area (Å²) < 4.78 is 10.9. The number of nitro benzene ring substituents is 2. The summed E-state index contributed by atoms with van der Waals surface area (Å²) in [6, 6.07) is 15.8. The summed E-state index contributed by atoms with van der Waals surface area (Å²) in [5.74, 6) is -1.59. The summed E-state index contributed by atoms with van der Waals surface area (Å²) in [6.45, 7) is 2.16. The van der Waals surface area contributed by atoms with Gasteiger partial charge in [-0.3, -0.25) is 29.8 Å². The number of nitro groups is 2. The van der Waals surface area contributed by atoms with Crippen LogP contribution in [0.3, 0.4) is 0 Å². The van der Waals surface area contributed by atoms with Gasteiger partial charge in [0.25, 0.3) is 5.69 Å². The molecule has 0 bridgehead atoms. The van der Waals surface area contributed by atoms with Crippen molar-refractivity contribution in [3.8, 4) is 17.2 Å². The first kappa shape index (κ1) is 25.3. The molecule has 0 unspecified atom stereocenters. The molecule has 0 aliphatic heterocycles. The number of hydrogen-bond donors (Lipinski definition) is 2. The largest absolute Gasteiger partial charge is 0.492 e. The standard InChI is InChI=1S/C23H19N5O8/c1-2-35-20-9-4-3-8-18(20)25-22(29)23(30)26-24-14-15-6-5-7-17(12-15)36-21-11-10-16(27(31)32)13-19(21)28(33)34/h3-14H,2H2,1H3,(H,25,29)(H,26,30)/b24-14+. The molecule has 3 aromatic rings. The van der Waals surface area contributed by atoms with E-state index < -0.39 is 33.0 Å². The topological polar surface area (TPSA) is 175 Å². The summed E-state index contributed by atoms with van der Waals surface area (Å²) in [7, 11) is 0. The molecule has 13 heteroatoms. The smallest absolute Gasteiger partial charge is 0.329 e. The lowest BCUT2D eigenvalue weighted by molar-refractivity contribution is -0.394. The molecule has 3 rings (SSSR count). The Labute approximate surface area is 203 Å². The number of hydrogen-bond acceptors (Lipinski definition) is 9. The van der Waals surface area contributed by atoms with Gasteiger partial charge in [0.05, 0.1) is 34.4 Å². The number of rotatable bonds is 9. The first-order valence-corrected chi connectivity index (χ1v) is 10.4. The van der Waals surface area contributed by atoms with E-state index in [1.165, 1.54) is 18.3 Å². The number of anilines is 1. The van der Waals surface area contributed by atoms with E-state index in [1.54, 1.807) is 43.3 Å². The van der Waals surface area contributed by atoms with Crippen LogP contribution in [0.2, 0.25) is 0 Å². The number of carbonyl (C=O) groups excluding carboxylic acids is 2. The van der Waals surface area contributed by atoms with Gasteiger partial charge in [0, 0.05) is 6.07 Å². The third-order valence-corrected chi connectivity index (χ3v) is 4.46. The molecule has 0 fully saturated rings. The van der Waals surface area contributed by atoms with E-state index in [4.69, 9.17) is 9.47 Å². The van der Waals surface area contributed by atoms with Crippen LogP contribution >= 0.6 is 0 Å². The van der Waals surface area contributed by atoms with Gasteiger partial charge in [0.1, 0.15) is 11.5 Å². The molecule has 0 saturated carbocycles. The number of amides is 2. The summed E-state index contributed by atoms with van der Waals surface area (Å²) in [5, 5.41) is 28.3. The van der Waals surface area contributed by atoms with Crippen molar-refractivity contribution < 1.29 is 28.9 Å². The summed E-state index contributed by atoms with van der Waals surface area (Å²) in [5.41, 5.74) is 1.83. The fourth-order valence-electron chi connectivity index (χ4n) is 2.88. The second-order valence-electron chi connectivity index (χ2n) is 6.92. The Bertz CT molecular complexity index is 1340. The van der Waals surface area contributed by atoms with Gasteiger partial charge < -0.3 is 14.8 Å². The van der Waals surface area contributed by atoms with Gasteiger partial charge >= 0.3 is 17.5 Å². The molecule has 0 saturated heterocycles. The van der Waals surface area contributed by atoms with Crippen molar-refractivity contribution in [1.29, 1.82) is 0 Å². The first-order chi connectivity index (χ1) is 17.3. The van der Waals surface area contributed by atoms with Crippen LogP contribution < -0.4 is 20.2 Å². The Balaban J connectivity index is 1.65. The lowest BCUT2D eigenvalue weighted by Crippen LogP contribution is -2.32. The number of nitrogens with one attached hydrogen (secondary N) is 2. The number of nitrogens with zero attached hydrogens (tertiary/aromatic N) is 3. The molecule has 3 aromatic carbocycles. The quantitative estimate of drug-likeness (QED) is 0.196. The zero-order valence-corrected chi connectivity index (χ0v) is 18.7. The lowest BCUT2D eigenvalue weighted by Gasteiger charge is -2.10. The van der Waals surface area contributed by atoms with E-state index >= 15 is 0 Å². The number of para-hydroxylation sites is 2. The van der Waals surface area contributed by atoms with Crippen LogP contribution in [0.1, 0.15) is 12.5 Å². The highest BCUT2D eigenvalue weighted by Crippen LogP contribution is 2.34. The Morgan fingerprint density at radius 1 is 0.944 bits per heavy atom. The van der Waals surface area contributed by atoms with Crippen LogP contribution in [0, 0.1) is 20.2 Å². The van der Waals surface area contributed by atoms with Crippen molar-refractivity contribution in [3.05, 3.63) is 92.5 Å². The van der Waals surface area contributed by atoms with Gasteiger partial charge in [0.2, 0.25) is 5.75 Å². The number of ether oxygens (including phenoxy) is 2. The van der Waals surface area contributed by atoms with Gasteiger partial charge in [-0.05, 0) is 42.8 Å². The lowest BCUT2D eigenvalue weighted by atomic mass is 10.2. The average molecular weight is 493 g/mol. The van der Waals surface area contributed by atoms with Gasteiger partial charge in [-0.1, -0.05) is 24.3 Å². The molecule has 0 aliphatic carbocycles. The van der Waals surface area contributed by atoms with Gasteiger partial charge in [-0.25, -0.2) is 5.43 Å². The van der Waals surface area contributed by atoms with Gasteiger partial charge in [0.15, 0.2) is 0 Å².